The summed E-state index contributed by atoms with van der Waals surface area (Å²) in [7, 11) is 1.65. The molecule has 1 rings (SSSR count). The quantitative estimate of drug-likeness (QED) is 0.758. The van der Waals surface area contributed by atoms with Crippen LogP contribution in [0.3, 0.4) is 0 Å². The summed E-state index contributed by atoms with van der Waals surface area (Å²) in [5.74, 6) is -0.133. The molecule has 0 unspecified atom stereocenters. The number of ether oxygens (including phenoxy) is 1. The van der Waals surface area contributed by atoms with Gasteiger partial charge in [0, 0.05) is 32.0 Å². The Morgan fingerprint density at radius 3 is 2.67 bits per heavy atom. The fraction of sp³-hybridized carbons (Fsp3) is 0.688. The number of aryl methyl sites for hydroxylation is 1. The molecule has 21 heavy (non-hydrogen) atoms. The Bertz CT molecular complexity index is 497. The highest BCUT2D eigenvalue weighted by molar-refractivity contribution is 5.29. The van der Waals surface area contributed by atoms with Gasteiger partial charge in [0.1, 0.15) is 0 Å². The molecule has 0 amide bonds. The first kappa shape index (κ1) is 17.7. The summed E-state index contributed by atoms with van der Waals surface area (Å²) < 4.78 is 7.11. The SMILES string of the molecule is CCCCN(CC)Cc1c(O)c(=O)cc(C)n1CCOC. The van der Waals surface area contributed by atoms with E-state index < -0.39 is 0 Å². The summed E-state index contributed by atoms with van der Waals surface area (Å²) in [6, 6.07) is 1.48. The van der Waals surface area contributed by atoms with E-state index in [1.165, 1.54) is 6.07 Å². The summed E-state index contributed by atoms with van der Waals surface area (Å²) in [4.78, 5) is 14.1. The Morgan fingerprint density at radius 1 is 1.38 bits per heavy atom. The van der Waals surface area contributed by atoms with Gasteiger partial charge in [0.2, 0.25) is 5.43 Å². The van der Waals surface area contributed by atoms with Gasteiger partial charge in [-0.15, -0.1) is 0 Å². The molecule has 1 heterocycles. The summed E-state index contributed by atoms with van der Waals surface area (Å²) in [6.07, 6.45) is 2.25. The van der Waals surface area contributed by atoms with Gasteiger partial charge in [-0.1, -0.05) is 20.3 Å². The van der Waals surface area contributed by atoms with Crippen LogP contribution in [0.2, 0.25) is 0 Å². The Morgan fingerprint density at radius 2 is 2.10 bits per heavy atom. The first-order chi connectivity index (χ1) is 10.0. The van der Waals surface area contributed by atoms with Crippen molar-refractivity contribution in [1.29, 1.82) is 0 Å². The van der Waals surface area contributed by atoms with Crippen molar-refractivity contribution >= 4 is 0 Å². The minimum atomic E-state index is -0.303. The fourth-order valence-electron chi connectivity index (χ4n) is 2.42. The predicted molar refractivity (Wildman–Crippen MR) is 84.8 cm³/mol. The van der Waals surface area contributed by atoms with Gasteiger partial charge in [-0.25, -0.2) is 0 Å². The number of rotatable bonds is 9. The molecular weight excluding hydrogens is 268 g/mol. The molecule has 5 nitrogen and oxygen atoms in total. The minimum absolute atomic E-state index is 0.133. The van der Waals surface area contributed by atoms with Crippen LogP contribution in [0.25, 0.3) is 0 Å². The number of methoxy groups -OCH3 is 1. The monoisotopic (exact) mass is 296 g/mol. The molecule has 0 spiro atoms. The smallest absolute Gasteiger partial charge is 0.223 e. The molecule has 120 valence electrons. The van der Waals surface area contributed by atoms with Gasteiger partial charge in [0.05, 0.1) is 12.3 Å². The molecule has 0 saturated carbocycles. The fourth-order valence-corrected chi connectivity index (χ4v) is 2.42. The topological polar surface area (TPSA) is 54.7 Å². The third-order valence-corrected chi connectivity index (χ3v) is 3.77. The summed E-state index contributed by atoms with van der Waals surface area (Å²) in [6.45, 7) is 9.79. The molecule has 0 atom stereocenters. The molecule has 0 bridgehead atoms. The lowest BCUT2D eigenvalue weighted by Crippen LogP contribution is -2.28. The van der Waals surface area contributed by atoms with Crippen molar-refractivity contribution < 1.29 is 9.84 Å². The Balaban J connectivity index is 3.09. The second-order valence-electron chi connectivity index (χ2n) is 5.31. The maximum atomic E-state index is 11.9. The Kier molecular flexibility index (Phi) is 7.47. The standard InChI is InChI=1S/C16H28N2O3/c1-5-7-8-17(6-2)12-14-16(20)15(19)11-13(3)18(14)9-10-21-4/h11,20H,5-10,12H2,1-4H3. The number of hydrogen-bond acceptors (Lipinski definition) is 4. The Hall–Kier alpha value is -1.33. The van der Waals surface area contributed by atoms with E-state index in [1.54, 1.807) is 7.11 Å². The first-order valence-corrected chi connectivity index (χ1v) is 7.68. The van der Waals surface area contributed by atoms with Crippen LogP contribution in [-0.2, 0) is 17.8 Å². The van der Waals surface area contributed by atoms with Gasteiger partial charge in [-0.05, 0) is 26.4 Å². The summed E-state index contributed by atoms with van der Waals surface area (Å²) >= 11 is 0. The van der Waals surface area contributed by atoms with Crippen LogP contribution < -0.4 is 5.43 Å². The van der Waals surface area contributed by atoms with E-state index in [1.807, 2.05) is 11.5 Å². The number of nitrogens with zero attached hydrogens (tertiary/aromatic N) is 2. The van der Waals surface area contributed by atoms with Crippen molar-refractivity contribution in [2.45, 2.75) is 46.7 Å². The lowest BCUT2D eigenvalue weighted by atomic mass is 10.2. The average Bonchev–Trinajstić information content (AvgIpc) is 2.47. The molecule has 0 aliphatic carbocycles. The minimum Gasteiger partial charge on any atom is -0.503 e. The van der Waals surface area contributed by atoms with Gasteiger partial charge in [0.25, 0.3) is 0 Å². The average molecular weight is 296 g/mol. The molecule has 1 aromatic rings. The van der Waals surface area contributed by atoms with E-state index in [4.69, 9.17) is 4.74 Å². The second kappa shape index (κ2) is 8.85. The molecule has 5 heteroatoms. The molecule has 1 N–H and O–H groups in total. The highest BCUT2D eigenvalue weighted by atomic mass is 16.5. The van der Waals surface area contributed by atoms with Crippen LogP contribution >= 0.6 is 0 Å². The van der Waals surface area contributed by atoms with Crippen LogP contribution in [0.4, 0.5) is 0 Å². The first-order valence-electron chi connectivity index (χ1n) is 7.68. The molecule has 0 saturated heterocycles. The zero-order valence-electron chi connectivity index (χ0n) is 13.7. The third kappa shape index (κ3) is 4.86. The number of aromatic hydroxyl groups is 1. The molecule has 0 aliphatic rings. The molecular formula is C16H28N2O3. The van der Waals surface area contributed by atoms with E-state index >= 15 is 0 Å². The number of aromatic nitrogens is 1. The zero-order valence-corrected chi connectivity index (χ0v) is 13.7. The normalized spacial score (nSPS) is 11.3. The van der Waals surface area contributed by atoms with Gasteiger partial charge in [-0.3, -0.25) is 9.69 Å². The number of hydrogen-bond donors (Lipinski definition) is 1. The molecule has 0 aromatic carbocycles. The van der Waals surface area contributed by atoms with E-state index in [9.17, 15) is 9.90 Å². The summed E-state index contributed by atoms with van der Waals surface area (Å²) in [5.41, 5.74) is 1.24. The van der Waals surface area contributed by atoms with Gasteiger partial charge in [-0.2, -0.15) is 0 Å². The number of pyridine rings is 1. The van der Waals surface area contributed by atoms with Gasteiger partial charge in [0.15, 0.2) is 5.75 Å². The van der Waals surface area contributed by atoms with Gasteiger partial charge < -0.3 is 14.4 Å². The van der Waals surface area contributed by atoms with Crippen LogP contribution in [-0.4, -0.2) is 41.4 Å². The zero-order chi connectivity index (χ0) is 15.8. The molecule has 1 aromatic heterocycles. The van der Waals surface area contributed by atoms with Crippen LogP contribution in [0.5, 0.6) is 5.75 Å². The van der Waals surface area contributed by atoms with Crippen molar-refractivity contribution in [2.24, 2.45) is 0 Å². The Labute approximate surface area is 127 Å². The van der Waals surface area contributed by atoms with E-state index in [0.29, 0.717) is 25.4 Å². The third-order valence-electron chi connectivity index (χ3n) is 3.77. The molecule has 0 aliphatic heterocycles. The van der Waals surface area contributed by atoms with Gasteiger partial charge >= 0.3 is 0 Å². The van der Waals surface area contributed by atoms with Crippen molar-refractivity contribution in [2.75, 3.05) is 26.8 Å². The van der Waals surface area contributed by atoms with Crippen molar-refractivity contribution in [3.8, 4) is 5.75 Å². The molecule has 0 radical (unpaired) electrons. The van der Waals surface area contributed by atoms with Crippen LogP contribution in [0, 0.1) is 6.92 Å². The highest BCUT2D eigenvalue weighted by Gasteiger charge is 2.15. The predicted octanol–water partition coefficient (Wildman–Crippen LogP) is 2.13. The van der Waals surface area contributed by atoms with E-state index in [0.717, 1.165) is 31.6 Å². The van der Waals surface area contributed by atoms with Crippen LogP contribution in [0.1, 0.15) is 38.1 Å². The maximum absolute atomic E-state index is 11.9. The van der Waals surface area contributed by atoms with E-state index in [2.05, 4.69) is 18.7 Å². The lowest BCUT2D eigenvalue weighted by molar-refractivity contribution is 0.182. The van der Waals surface area contributed by atoms with Crippen molar-refractivity contribution in [1.82, 2.24) is 9.47 Å². The lowest BCUT2D eigenvalue weighted by Gasteiger charge is -2.24. The largest absolute Gasteiger partial charge is 0.503 e. The maximum Gasteiger partial charge on any atom is 0.223 e. The van der Waals surface area contributed by atoms with Crippen molar-refractivity contribution in [3.63, 3.8) is 0 Å². The van der Waals surface area contributed by atoms with Crippen LogP contribution in [0.15, 0.2) is 10.9 Å². The van der Waals surface area contributed by atoms with E-state index in [-0.39, 0.29) is 11.2 Å². The second-order valence-corrected chi connectivity index (χ2v) is 5.31. The van der Waals surface area contributed by atoms with Crippen molar-refractivity contribution in [3.05, 3.63) is 27.7 Å². The molecule has 0 fully saturated rings. The highest BCUT2D eigenvalue weighted by Crippen LogP contribution is 2.17. The summed E-state index contributed by atoms with van der Waals surface area (Å²) in [5, 5.41) is 10.2. The number of unbranched alkanes of at least 4 members (excludes halogenated alkanes) is 1.